The third-order valence-electron chi connectivity index (χ3n) is 4.75. The van der Waals surface area contributed by atoms with Gasteiger partial charge in [0, 0.05) is 45.4 Å². The number of nitrogens with one attached hydrogen (secondary N) is 2. The summed E-state index contributed by atoms with van der Waals surface area (Å²) in [5.41, 5.74) is 1.80. The highest BCUT2D eigenvalue weighted by Crippen LogP contribution is 2.22. The number of hydrogen-bond acceptors (Lipinski definition) is 5. The Labute approximate surface area is 175 Å². The first-order valence-corrected chi connectivity index (χ1v) is 9.84. The number of carbonyl (C=O) groups is 3. The molecule has 3 atom stereocenters. The lowest BCUT2D eigenvalue weighted by Crippen LogP contribution is -2.49. The van der Waals surface area contributed by atoms with Crippen LogP contribution in [0.2, 0.25) is 0 Å². The molecule has 30 heavy (non-hydrogen) atoms. The average Bonchev–Trinajstić information content (AvgIpc) is 3.55. The maximum Gasteiger partial charge on any atom is 0.253 e. The zero-order valence-corrected chi connectivity index (χ0v) is 17.1. The van der Waals surface area contributed by atoms with Crippen LogP contribution in [0.4, 0.5) is 0 Å². The largest absolute Gasteiger partial charge is 0.353 e. The molecule has 8 nitrogen and oxygen atoms in total. The van der Waals surface area contributed by atoms with Crippen molar-refractivity contribution in [1.82, 2.24) is 20.5 Å². The van der Waals surface area contributed by atoms with Crippen molar-refractivity contribution in [2.24, 2.45) is 0 Å². The lowest BCUT2D eigenvalue weighted by atomic mass is 10.0. The van der Waals surface area contributed by atoms with Gasteiger partial charge < -0.3 is 20.3 Å². The van der Waals surface area contributed by atoms with Gasteiger partial charge in [-0.25, -0.2) is 0 Å². The Balaban J connectivity index is 1.50. The number of nitrogens with zero attached hydrogens (tertiary/aromatic N) is 2. The van der Waals surface area contributed by atoms with Gasteiger partial charge in [-0.05, 0) is 17.7 Å². The molecule has 0 bridgehead atoms. The van der Waals surface area contributed by atoms with Gasteiger partial charge in [0.2, 0.25) is 5.91 Å². The Morgan fingerprint density at radius 2 is 1.73 bits per heavy atom. The van der Waals surface area contributed by atoms with Gasteiger partial charge in [-0.3, -0.25) is 19.4 Å². The molecular formula is C22H26N4O4. The highest BCUT2D eigenvalue weighted by molar-refractivity contribution is 5.97. The van der Waals surface area contributed by atoms with Crippen molar-refractivity contribution in [3.63, 3.8) is 0 Å². The molecule has 3 unspecified atom stereocenters. The van der Waals surface area contributed by atoms with Gasteiger partial charge in [0.1, 0.15) is 6.04 Å². The van der Waals surface area contributed by atoms with E-state index in [1.807, 2.05) is 48.5 Å². The first-order valence-electron chi connectivity index (χ1n) is 9.84. The van der Waals surface area contributed by atoms with Crippen LogP contribution in [0.1, 0.15) is 11.3 Å². The Kier molecular flexibility index (Phi) is 7.13. The van der Waals surface area contributed by atoms with E-state index in [-0.39, 0.29) is 11.8 Å². The molecule has 0 aliphatic carbocycles. The molecule has 2 aromatic rings. The first kappa shape index (κ1) is 21.4. The van der Waals surface area contributed by atoms with Gasteiger partial charge in [0.25, 0.3) is 11.8 Å². The molecule has 0 saturated carbocycles. The highest BCUT2D eigenvalue weighted by Gasteiger charge is 2.50. The molecule has 3 rings (SSSR count). The SMILES string of the molecule is CN(C)C(=O)C(Cc1ccccc1)NC(=O)C1OC1C(=O)NCCc1ccccn1. The van der Waals surface area contributed by atoms with E-state index in [4.69, 9.17) is 4.74 Å². The molecule has 1 aliphatic heterocycles. The van der Waals surface area contributed by atoms with Crippen LogP contribution in [0.3, 0.4) is 0 Å². The molecule has 158 valence electrons. The predicted octanol–water partition coefficient (Wildman–Crippen LogP) is 0.323. The number of amides is 3. The summed E-state index contributed by atoms with van der Waals surface area (Å²) in [6.45, 7) is 0.403. The summed E-state index contributed by atoms with van der Waals surface area (Å²) in [5, 5.41) is 5.48. The quantitative estimate of drug-likeness (QED) is 0.580. The fourth-order valence-electron chi connectivity index (χ4n) is 3.09. The molecule has 8 heteroatoms. The molecular weight excluding hydrogens is 384 g/mol. The molecule has 3 amide bonds. The van der Waals surface area contributed by atoms with Crippen molar-refractivity contribution >= 4 is 17.7 Å². The zero-order chi connectivity index (χ0) is 21.5. The lowest BCUT2D eigenvalue weighted by Gasteiger charge is -2.21. The normalized spacial score (nSPS) is 18.2. The summed E-state index contributed by atoms with van der Waals surface area (Å²) >= 11 is 0. The molecule has 1 aromatic carbocycles. The smallest absolute Gasteiger partial charge is 0.253 e. The van der Waals surface area contributed by atoms with Crippen LogP contribution in [0.25, 0.3) is 0 Å². The topological polar surface area (TPSA) is 104 Å². The Morgan fingerprint density at radius 1 is 1.03 bits per heavy atom. The van der Waals surface area contributed by atoms with Crippen molar-refractivity contribution in [1.29, 1.82) is 0 Å². The maximum atomic E-state index is 12.5. The van der Waals surface area contributed by atoms with E-state index < -0.39 is 24.2 Å². The number of benzene rings is 1. The minimum atomic E-state index is -0.881. The highest BCUT2D eigenvalue weighted by atomic mass is 16.6. The van der Waals surface area contributed by atoms with Gasteiger partial charge in [0.05, 0.1) is 0 Å². The number of hydrogen-bond donors (Lipinski definition) is 2. The predicted molar refractivity (Wildman–Crippen MR) is 110 cm³/mol. The fraction of sp³-hybridized carbons (Fsp3) is 0.364. The van der Waals surface area contributed by atoms with E-state index in [9.17, 15) is 14.4 Å². The fourth-order valence-corrected chi connectivity index (χ4v) is 3.09. The molecule has 0 spiro atoms. The van der Waals surface area contributed by atoms with Crippen LogP contribution in [-0.4, -0.2) is 66.5 Å². The molecule has 1 saturated heterocycles. The van der Waals surface area contributed by atoms with E-state index in [2.05, 4.69) is 15.6 Å². The molecule has 2 heterocycles. The number of ether oxygens (including phenoxy) is 1. The van der Waals surface area contributed by atoms with Crippen molar-refractivity contribution < 1.29 is 19.1 Å². The Morgan fingerprint density at radius 3 is 2.40 bits per heavy atom. The van der Waals surface area contributed by atoms with Crippen molar-refractivity contribution in [2.75, 3.05) is 20.6 Å². The first-order chi connectivity index (χ1) is 14.5. The number of carbonyl (C=O) groups excluding carboxylic acids is 3. The van der Waals surface area contributed by atoms with Gasteiger partial charge in [-0.1, -0.05) is 36.4 Å². The second-order valence-electron chi connectivity index (χ2n) is 7.32. The minimum absolute atomic E-state index is 0.218. The van der Waals surface area contributed by atoms with Gasteiger partial charge in [-0.2, -0.15) is 0 Å². The van der Waals surface area contributed by atoms with E-state index in [1.165, 1.54) is 4.90 Å². The number of pyridine rings is 1. The Bertz CT molecular complexity index is 873. The second kappa shape index (κ2) is 9.98. The van der Waals surface area contributed by atoms with Gasteiger partial charge in [0.15, 0.2) is 12.2 Å². The van der Waals surface area contributed by atoms with E-state index in [0.29, 0.717) is 19.4 Å². The summed E-state index contributed by atoms with van der Waals surface area (Å²) in [5.74, 6) is -1.02. The number of rotatable bonds is 9. The second-order valence-corrected chi connectivity index (χ2v) is 7.32. The Hall–Kier alpha value is -3.26. The van der Waals surface area contributed by atoms with E-state index in [1.54, 1.807) is 20.3 Å². The summed E-state index contributed by atoms with van der Waals surface area (Å²) < 4.78 is 5.27. The summed E-state index contributed by atoms with van der Waals surface area (Å²) in [4.78, 5) is 42.9. The maximum absolute atomic E-state index is 12.5. The van der Waals surface area contributed by atoms with Crippen LogP contribution in [0.15, 0.2) is 54.7 Å². The van der Waals surface area contributed by atoms with Crippen LogP contribution in [0, 0.1) is 0 Å². The molecule has 2 N–H and O–H groups in total. The number of likely N-dealkylation sites (N-methyl/N-ethyl adjacent to an activating group) is 1. The van der Waals surface area contributed by atoms with E-state index >= 15 is 0 Å². The molecule has 0 radical (unpaired) electrons. The number of aromatic nitrogens is 1. The third kappa shape index (κ3) is 5.87. The van der Waals surface area contributed by atoms with Crippen molar-refractivity contribution in [2.45, 2.75) is 31.1 Å². The average molecular weight is 410 g/mol. The molecule has 1 fully saturated rings. The lowest BCUT2D eigenvalue weighted by molar-refractivity contribution is -0.134. The number of epoxide rings is 1. The summed E-state index contributed by atoms with van der Waals surface area (Å²) in [7, 11) is 3.27. The zero-order valence-electron chi connectivity index (χ0n) is 17.1. The van der Waals surface area contributed by atoms with Crippen molar-refractivity contribution in [3.05, 3.63) is 66.0 Å². The van der Waals surface area contributed by atoms with Crippen LogP contribution >= 0.6 is 0 Å². The van der Waals surface area contributed by atoms with E-state index in [0.717, 1.165) is 11.3 Å². The summed E-state index contributed by atoms with van der Waals surface area (Å²) in [6, 6.07) is 14.3. The monoisotopic (exact) mass is 410 g/mol. The molecule has 1 aliphatic rings. The standard InChI is InChI=1S/C22H26N4O4/c1-26(2)22(29)17(14-15-8-4-3-5-9-15)25-21(28)19-18(30-19)20(27)24-13-11-16-10-6-7-12-23-16/h3-10,12,17-19H,11,13-14H2,1-2H3,(H,24,27)(H,25,28). The third-order valence-corrected chi connectivity index (χ3v) is 4.75. The van der Waals surface area contributed by atoms with Crippen molar-refractivity contribution in [3.8, 4) is 0 Å². The van der Waals surface area contributed by atoms with Crippen LogP contribution < -0.4 is 10.6 Å². The van der Waals surface area contributed by atoms with Gasteiger partial charge >= 0.3 is 0 Å². The minimum Gasteiger partial charge on any atom is -0.353 e. The van der Waals surface area contributed by atoms with Gasteiger partial charge in [-0.15, -0.1) is 0 Å². The molecule has 1 aromatic heterocycles. The van der Waals surface area contributed by atoms with Crippen LogP contribution in [-0.2, 0) is 32.0 Å². The van der Waals surface area contributed by atoms with Crippen LogP contribution in [0.5, 0.6) is 0 Å². The summed E-state index contributed by atoms with van der Waals surface area (Å²) in [6.07, 6.45) is 0.931.